The molecule has 0 unspecified atom stereocenters. The molecule has 0 atom stereocenters. The second-order valence-electron chi connectivity index (χ2n) is 5.89. The van der Waals surface area contributed by atoms with Gasteiger partial charge in [-0.05, 0) is 48.7 Å². The molecule has 0 heterocycles. The highest BCUT2D eigenvalue weighted by atomic mass is 16.5. The van der Waals surface area contributed by atoms with Crippen LogP contribution in [0, 0.1) is 13.8 Å². The van der Waals surface area contributed by atoms with E-state index in [1.807, 2.05) is 32.0 Å². The Hall–Kier alpha value is -3.15. The maximum Gasteiger partial charge on any atom is 0.339 e. The van der Waals surface area contributed by atoms with Crippen LogP contribution in [0.15, 0.2) is 36.4 Å². The maximum atomic E-state index is 12.4. The predicted octanol–water partition coefficient (Wildman–Crippen LogP) is 3.06. The van der Waals surface area contributed by atoms with E-state index in [-0.39, 0.29) is 29.1 Å². The smallest absolute Gasteiger partial charge is 0.339 e. The van der Waals surface area contributed by atoms with Gasteiger partial charge in [-0.25, -0.2) is 9.59 Å². The van der Waals surface area contributed by atoms with Gasteiger partial charge < -0.3 is 14.8 Å². The molecule has 0 saturated heterocycles. The first-order chi connectivity index (χ1) is 12.3. The molecule has 136 valence electrons. The predicted molar refractivity (Wildman–Crippen MR) is 97.4 cm³/mol. The first-order valence-electron chi connectivity index (χ1n) is 8.02. The molecule has 26 heavy (non-hydrogen) atoms. The van der Waals surface area contributed by atoms with Gasteiger partial charge in [0.15, 0.2) is 0 Å². The van der Waals surface area contributed by atoms with E-state index < -0.39 is 11.9 Å². The summed E-state index contributed by atoms with van der Waals surface area (Å²) in [7, 11) is 2.51. The molecule has 1 amide bonds. The van der Waals surface area contributed by atoms with E-state index in [0.29, 0.717) is 0 Å². The van der Waals surface area contributed by atoms with Gasteiger partial charge in [0.05, 0.1) is 37.5 Å². The van der Waals surface area contributed by atoms with Gasteiger partial charge in [-0.15, -0.1) is 0 Å². The molecule has 0 radical (unpaired) electrons. The molecule has 1 N–H and O–H groups in total. The molecule has 0 saturated carbocycles. The van der Waals surface area contributed by atoms with Crippen LogP contribution in [0.1, 0.15) is 37.4 Å². The number of amides is 1. The average molecular weight is 355 g/mol. The topological polar surface area (TPSA) is 81.7 Å². The molecule has 0 fully saturated rings. The molecule has 2 aromatic carbocycles. The van der Waals surface area contributed by atoms with Crippen LogP contribution in [0.4, 0.5) is 5.69 Å². The number of hydrogen-bond donors (Lipinski definition) is 1. The van der Waals surface area contributed by atoms with E-state index in [9.17, 15) is 14.4 Å². The Morgan fingerprint density at radius 2 is 1.58 bits per heavy atom. The highest BCUT2D eigenvalue weighted by Gasteiger charge is 2.17. The summed E-state index contributed by atoms with van der Waals surface area (Å²) in [6, 6.07) is 10.0. The SMILES string of the molecule is COC(=O)c1ccc(C(=O)OC)c(NC(=O)Cc2ccc(C)c(C)c2)c1. The zero-order valence-corrected chi connectivity index (χ0v) is 15.2. The minimum atomic E-state index is -0.608. The molecule has 0 spiro atoms. The summed E-state index contributed by atoms with van der Waals surface area (Å²) >= 11 is 0. The van der Waals surface area contributed by atoms with Gasteiger partial charge in [0.25, 0.3) is 0 Å². The van der Waals surface area contributed by atoms with Gasteiger partial charge in [-0.3, -0.25) is 4.79 Å². The minimum Gasteiger partial charge on any atom is -0.465 e. The lowest BCUT2D eigenvalue weighted by molar-refractivity contribution is -0.115. The minimum absolute atomic E-state index is 0.143. The summed E-state index contributed by atoms with van der Waals surface area (Å²) in [6.07, 6.45) is 0.143. The van der Waals surface area contributed by atoms with Crippen molar-refractivity contribution >= 4 is 23.5 Å². The molecule has 0 aliphatic heterocycles. The summed E-state index contributed by atoms with van der Waals surface area (Å²) < 4.78 is 9.40. The standard InChI is InChI=1S/C20H21NO5/c1-12-5-6-14(9-13(12)2)10-18(22)21-17-11-15(19(23)25-3)7-8-16(17)20(24)26-4/h5-9,11H,10H2,1-4H3,(H,21,22). The van der Waals surface area contributed by atoms with Gasteiger partial charge in [0, 0.05) is 0 Å². The van der Waals surface area contributed by atoms with Gasteiger partial charge in [-0.1, -0.05) is 18.2 Å². The van der Waals surface area contributed by atoms with Crippen molar-refractivity contribution in [3.63, 3.8) is 0 Å². The summed E-state index contributed by atoms with van der Waals surface area (Å²) in [5.41, 5.74) is 3.68. The number of methoxy groups -OCH3 is 2. The maximum absolute atomic E-state index is 12.4. The Morgan fingerprint density at radius 1 is 0.885 bits per heavy atom. The zero-order chi connectivity index (χ0) is 19.3. The molecule has 2 rings (SSSR count). The van der Waals surface area contributed by atoms with E-state index in [2.05, 4.69) is 10.1 Å². The number of rotatable bonds is 5. The summed E-state index contributed by atoms with van der Waals surface area (Å²) in [5.74, 6) is -1.48. The van der Waals surface area contributed by atoms with Gasteiger partial charge >= 0.3 is 11.9 Å². The number of nitrogens with one attached hydrogen (secondary N) is 1. The third kappa shape index (κ3) is 4.47. The number of carbonyl (C=O) groups excluding carboxylic acids is 3. The molecule has 0 bridgehead atoms. The molecular weight excluding hydrogens is 334 g/mol. The third-order valence-corrected chi connectivity index (χ3v) is 4.06. The average Bonchev–Trinajstić information content (AvgIpc) is 2.63. The number of carbonyl (C=O) groups is 3. The van der Waals surface area contributed by atoms with Crippen LogP contribution in [0.5, 0.6) is 0 Å². The Labute approximate surface area is 152 Å². The Balaban J connectivity index is 2.27. The Kier molecular flexibility index (Phi) is 6.11. The summed E-state index contributed by atoms with van der Waals surface area (Å²) in [5, 5.41) is 2.68. The molecule has 0 aliphatic carbocycles. The van der Waals surface area contributed by atoms with Crippen molar-refractivity contribution in [2.24, 2.45) is 0 Å². The quantitative estimate of drug-likeness (QED) is 0.834. The van der Waals surface area contributed by atoms with Crippen LogP contribution in [0.3, 0.4) is 0 Å². The van der Waals surface area contributed by atoms with Crippen molar-refractivity contribution in [2.45, 2.75) is 20.3 Å². The van der Waals surface area contributed by atoms with Gasteiger partial charge in [-0.2, -0.15) is 0 Å². The van der Waals surface area contributed by atoms with E-state index in [1.54, 1.807) is 0 Å². The molecule has 6 nitrogen and oxygen atoms in total. The first-order valence-corrected chi connectivity index (χ1v) is 8.02. The highest BCUT2D eigenvalue weighted by Crippen LogP contribution is 2.20. The van der Waals surface area contributed by atoms with E-state index in [0.717, 1.165) is 16.7 Å². The molecular formula is C20H21NO5. The van der Waals surface area contributed by atoms with E-state index in [1.165, 1.54) is 32.4 Å². The zero-order valence-electron chi connectivity index (χ0n) is 15.2. The van der Waals surface area contributed by atoms with Crippen molar-refractivity contribution in [3.05, 3.63) is 64.2 Å². The monoisotopic (exact) mass is 355 g/mol. The number of esters is 2. The molecule has 0 aliphatic rings. The van der Waals surface area contributed by atoms with Crippen molar-refractivity contribution in [3.8, 4) is 0 Å². The number of anilines is 1. The van der Waals surface area contributed by atoms with Crippen LogP contribution in [-0.2, 0) is 20.7 Å². The number of hydrogen-bond acceptors (Lipinski definition) is 5. The van der Waals surface area contributed by atoms with Crippen molar-refractivity contribution in [1.29, 1.82) is 0 Å². The van der Waals surface area contributed by atoms with Crippen LogP contribution in [-0.4, -0.2) is 32.1 Å². The summed E-state index contributed by atoms with van der Waals surface area (Å²) in [4.78, 5) is 36.0. The summed E-state index contributed by atoms with van der Waals surface area (Å²) in [6.45, 7) is 3.98. The lowest BCUT2D eigenvalue weighted by Gasteiger charge is -2.12. The number of aryl methyl sites for hydroxylation is 2. The highest BCUT2D eigenvalue weighted by molar-refractivity contribution is 6.03. The molecule has 0 aromatic heterocycles. The van der Waals surface area contributed by atoms with Crippen LogP contribution < -0.4 is 5.32 Å². The van der Waals surface area contributed by atoms with Gasteiger partial charge in [0.1, 0.15) is 0 Å². The fraction of sp³-hybridized carbons (Fsp3) is 0.250. The first kappa shape index (κ1) is 19.2. The Morgan fingerprint density at radius 3 is 2.19 bits per heavy atom. The van der Waals surface area contributed by atoms with Crippen LogP contribution >= 0.6 is 0 Å². The largest absolute Gasteiger partial charge is 0.465 e. The number of ether oxygens (including phenoxy) is 2. The fourth-order valence-corrected chi connectivity index (χ4v) is 2.47. The molecule has 2 aromatic rings. The van der Waals surface area contributed by atoms with Gasteiger partial charge in [0.2, 0.25) is 5.91 Å². The fourth-order valence-electron chi connectivity index (χ4n) is 2.47. The van der Waals surface area contributed by atoms with Crippen molar-refractivity contribution in [1.82, 2.24) is 0 Å². The van der Waals surface area contributed by atoms with Crippen LogP contribution in [0.2, 0.25) is 0 Å². The van der Waals surface area contributed by atoms with Crippen molar-refractivity contribution < 1.29 is 23.9 Å². The van der Waals surface area contributed by atoms with E-state index >= 15 is 0 Å². The van der Waals surface area contributed by atoms with Crippen molar-refractivity contribution in [2.75, 3.05) is 19.5 Å². The van der Waals surface area contributed by atoms with Crippen LogP contribution in [0.25, 0.3) is 0 Å². The molecule has 6 heteroatoms. The Bertz CT molecular complexity index is 857. The lowest BCUT2D eigenvalue weighted by Crippen LogP contribution is -2.18. The number of benzene rings is 2. The second-order valence-corrected chi connectivity index (χ2v) is 5.89. The normalized spacial score (nSPS) is 10.2. The lowest BCUT2D eigenvalue weighted by atomic mass is 10.0. The van der Waals surface area contributed by atoms with E-state index in [4.69, 9.17) is 4.74 Å². The third-order valence-electron chi connectivity index (χ3n) is 4.06. The second kappa shape index (κ2) is 8.29.